The van der Waals surface area contributed by atoms with Crippen LogP contribution in [0, 0.1) is 11.7 Å². The normalized spacial score (nSPS) is 21.9. The minimum Gasteiger partial charge on any atom is -0.424 e. The van der Waals surface area contributed by atoms with E-state index in [0.29, 0.717) is 34.2 Å². The first kappa shape index (κ1) is 20.0. The third-order valence-corrected chi connectivity index (χ3v) is 6.91. The van der Waals surface area contributed by atoms with Gasteiger partial charge in [-0.25, -0.2) is 4.39 Å². The number of aromatic amines is 1. The molecule has 3 aromatic heterocycles. The second-order valence-corrected chi connectivity index (χ2v) is 8.92. The Hall–Kier alpha value is -3.66. The lowest BCUT2D eigenvalue weighted by Crippen LogP contribution is -2.41. The predicted octanol–water partition coefficient (Wildman–Crippen LogP) is 2.71. The van der Waals surface area contributed by atoms with Gasteiger partial charge in [-0.2, -0.15) is 9.97 Å². The maximum absolute atomic E-state index is 14.5. The van der Waals surface area contributed by atoms with E-state index in [1.54, 1.807) is 26.4 Å². The number of H-pyrrole nitrogens is 1. The van der Waals surface area contributed by atoms with Gasteiger partial charge in [-0.05, 0) is 37.0 Å². The van der Waals surface area contributed by atoms with Gasteiger partial charge in [-0.1, -0.05) is 0 Å². The Morgan fingerprint density at radius 3 is 2.82 bits per heavy atom. The lowest BCUT2D eigenvalue weighted by molar-refractivity contribution is 0.438. The molecule has 0 radical (unpaired) electrons. The molecule has 6 rings (SSSR count). The van der Waals surface area contributed by atoms with Crippen LogP contribution in [0.3, 0.4) is 0 Å². The number of aryl methyl sites for hydroxylation is 1. The van der Waals surface area contributed by atoms with Gasteiger partial charge in [0, 0.05) is 50.4 Å². The van der Waals surface area contributed by atoms with Gasteiger partial charge in [0.1, 0.15) is 23.0 Å². The van der Waals surface area contributed by atoms with Crippen molar-refractivity contribution in [3.8, 4) is 11.8 Å². The fourth-order valence-corrected chi connectivity index (χ4v) is 5.23. The number of benzene rings is 1. The van der Waals surface area contributed by atoms with E-state index in [4.69, 9.17) is 15.5 Å². The van der Waals surface area contributed by atoms with Gasteiger partial charge in [0.2, 0.25) is 0 Å². The van der Waals surface area contributed by atoms with E-state index in [1.165, 1.54) is 22.8 Å². The Balaban J connectivity index is 1.55. The zero-order valence-corrected chi connectivity index (χ0v) is 18.3. The number of aromatic nitrogens is 4. The van der Waals surface area contributed by atoms with Gasteiger partial charge in [0.25, 0.3) is 5.56 Å². The molecule has 0 amide bonds. The number of anilines is 2. The summed E-state index contributed by atoms with van der Waals surface area (Å²) in [5, 5.41) is 4.50. The molecule has 33 heavy (non-hydrogen) atoms. The first-order valence-corrected chi connectivity index (χ1v) is 11.0. The van der Waals surface area contributed by atoms with Crippen LogP contribution in [0.1, 0.15) is 12.8 Å². The number of piperidine rings is 1. The fourth-order valence-electron chi connectivity index (χ4n) is 5.23. The molecule has 170 valence electrons. The SMILES string of the molecule is CNc1cc(F)cc2c1[nH]c1nc(Oc3ccn(C)c(=O)c3)nc(N3C[C@H]4C[C@@H]3C[C@H]4N)c12. The zero-order valence-electron chi connectivity index (χ0n) is 18.3. The average Bonchev–Trinajstić information content (AvgIpc) is 3.47. The molecule has 2 bridgehead atoms. The van der Waals surface area contributed by atoms with Gasteiger partial charge in [-0.3, -0.25) is 4.79 Å². The molecule has 4 heterocycles. The molecule has 10 heteroatoms. The van der Waals surface area contributed by atoms with Crippen molar-refractivity contribution >= 4 is 33.4 Å². The summed E-state index contributed by atoms with van der Waals surface area (Å²) in [7, 11) is 3.42. The van der Waals surface area contributed by atoms with E-state index in [0.717, 1.165) is 30.3 Å². The van der Waals surface area contributed by atoms with Gasteiger partial charge in [-0.15, -0.1) is 0 Å². The summed E-state index contributed by atoms with van der Waals surface area (Å²) in [6.07, 6.45) is 3.53. The molecule has 3 atom stereocenters. The molecular weight excluding hydrogens is 425 g/mol. The zero-order chi connectivity index (χ0) is 22.9. The molecule has 1 saturated carbocycles. The second-order valence-electron chi connectivity index (χ2n) is 8.92. The summed E-state index contributed by atoms with van der Waals surface area (Å²) in [6, 6.07) is 6.60. The van der Waals surface area contributed by atoms with Gasteiger partial charge in [0.15, 0.2) is 0 Å². The second kappa shape index (κ2) is 7.17. The molecule has 4 aromatic rings. The number of rotatable bonds is 4. The van der Waals surface area contributed by atoms with Crippen molar-refractivity contribution in [3.63, 3.8) is 0 Å². The van der Waals surface area contributed by atoms with Crippen molar-refractivity contribution in [2.24, 2.45) is 18.7 Å². The van der Waals surface area contributed by atoms with E-state index in [-0.39, 0.29) is 29.5 Å². The highest BCUT2D eigenvalue weighted by molar-refractivity contribution is 6.14. The van der Waals surface area contributed by atoms with Crippen LogP contribution < -0.4 is 26.2 Å². The number of hydrogen-bond acceptors (Lipinski definition) is 7. The minimum absolute atomic E-state index is 0.121. The molecule has 1 aromatic carbocycles. The van der Waals surface area contributed by atoms with Crippen molar-refractivity contribution in [2.45, 2.75) is 24.9 Å². The fraction of sp³-hybridized carbons (Fsp3) is 0.348. The summed E-state index contributed by atoms with van der Waals surface area (Å²) in [6.45, 7) is 0.782. The Morgan fingerprint density at radius 1 is 1.27 bits per heavy atom. The number of halogens is 1. The monoisotopic (exact) mass is 449 g/mol. The van der Waals surface area contributed by atoms with Crippen LogP contribution in [0.15, 0.2) is 35.3 Å². The highest BCUT2D eigenvalue weighted by Gasteiger charge is 2.44. The first-order valence-electron chi connectivity index (χ1n) is 11.0. The molecule has 1 aliphatic heterocycles. The summed E-state index contributed by atoms with van der Waals surface area (Å²) >= 11 is 0. The van der Waals surface area contributed by atoms with E-state index in [2.05, 4.69) is 20.2 Å². The molecule has 1 aliphatic carbocycles. The molecule has 1 saturated heterocycles. The van der Waals surface area contributed by atoms with Crippen LogP contribution in [-0.2, 0) is 7.05 Å². The van der Waals surface area contributed by atoms with Gasteiger partial charge < -0.3 is 30.2 Å². The molecule has 0 unspecified atom stereocenters. The van der Waals surface area contributed by atoms with Crippen LogP contribution in [0.5, 0.6) is 11.8 Å². The van der Waals surface area contributed by atoms with Crippen LogP contribution in [0.2, 0.25) is 0 Å². The molecule has 2 aliphatic rings. The third-order valence-electron chi connectivity index (χ3n) is 6.91. The average molecular weight is 449 g/mol. The number of nitrogens with zero attached hydrogens (tertiary/aromatic N) is 4. The lowest BCUT2D eigenvalue weighted by Gasteiger charge is -2.31. The number of nitrogens with two attached hydrogens (primary N) is 1. The van der Waals surface area contributed by atoms with Crippen LogP contribution in [0.25, 0.3) is 21.9 Å². The van der Waals surface area contributed by atoms with E-state index in [9.17, 15) is 9.18 Å². The number of hydrogen-bond donors (Lipinski definition) is 3. The van der Waals surface area contributed by atoms with Crippen LogP contribution in [-0.4, -0.2) is 45.2 Å². The first-order chi connectivity index (χ1) is 15.9. The molecular formula is C23H24FN7O2. The lowest BCUT2D eigenvalue weighted by atomic mass is 10.0. The summed E-state index contributed by atoms with van der Waals surface area (Å²) in [5.41, 5.74) is 8.01. The highest BCUT2D eigenvalue weighted by Crippen LogP contribution is 2.44. The maximum atomic E-state index is 14.5. The Kier molecular flexibility index (Phi) is 4.34. The number of nitrogens with one attached hydrogen (secondary N) is 2. The Labute approximate surface area is 188 Å². The van der Waals surface area contributed by atoms with Gasteiger partial charge in [0.05, 0.1) is 16.6 Å². The Bertz CT molecular complexity index is 1460. The molecule has 9 nitrogen and oxygen atoms in total. The Morgan fingerprint density at radius 2 is 2.12 bits per heavy atom. The minimum atomic E-state index is -0.343. The summed E-state index contributed by atoms with van der Waals surface area (Å²) in [5.74, 6) is 1.10. The standard InChI is InChI=1S/C23H24FN7O2/c1-26-17-7-12(24)6-15-19-21(27-20(15)17)28-23(33-14-3-4-30(2)18(32)9-14)29-22(19)31-10-11-5-13(31)8-16(11)25/h3-4,6-7,9,11,13,16,26H,5,8,10,25H2,1-2H3,(H,27,28,29)/t11-,13-,16-/m1/s1. The molecule has 0 spiro atoms. The molecule has 2 fully saturated rings. The number of fused-ring (bicyclic) bond motifs is 5. The van der Waals surface area contributed by atoms with Crippen LogP contribution in [0.4, 0.5) is 15.9 Å². The van der Waals surface area contributed by atoms with E-state index in [1.807, 2.05) is 0 Å². The van der Waals surface area contributed by atoms with Crippen LogP contribution >= 0.6 is 0 Å². The van der Waals surface area contributed by atoms with E-state index >= 15 is 0 Å². The predicted molar refractivity (Wildman–Crippen MR) is 124 cm³/mol. The topological polar surface area (TPSA) is 114 Å². The summed E-state index contributed by atoms with van der Waals surface area (Å²) in [4.78, 5) is 26.9. The quantitative estimate of drug-likeness (QED) is 0.439. The molecule has 4 N–H and O–H groups in total. The maximum Gasteiger partial charge on any atom is 0.325 e. The van der Waals surface area contributed by atoms with Crippen molar-refractivity contribution in [1.82, 2.24) is 19.5 Å². The van der Waals surface area contributed by atoms with Crippen molar-refractivity contribution < 1.29 is 9.13 Å². The number of ether oxygens (including phenoxy) is 1. The van der Waals surface area contributed by atoms with Crippen molar-refractivity contribution in [3.05, 3.63) is 46.6 Å². The smallest absolute Gasteiger partial charge is 0.325 e. The third kappa shape index (κ3) is 3.12. The van der Waals surface area contributed by atoms with Crippen molar-refractivity contribution in [2.75, 3.05) is 23.8 Å². The number of pyridine rings is 1. The van der Waals surface area contributed by atoms with E-state index < -0.39 is 0 Å². The van der Waals surface area contributed by atoms with Crippen molar-refractivity contribution in [1.29, 1.82) is 0 Å². The largest absolute Gasteiger partial charge is 0.424 e. The summed E-state index contributed by atoms with van der Waals surface area (Å²) < 4.78 is 21.8. The highest BCUT2D eigenvalue weighted by atomic mass is 19.1. The van der Waals surface area contributed by atoms with Gasteiger partial charge >= 0.3 is 6.01 Å².